The highest BCUT2D eigenvalue weighted by molar-refractivity contribution is 5.81. The van der Waals surface area contributed by atoms with E-state index in [0.29, 0.717) is 44.9 Å². The van der Waals surface area contributed by atoms with Gasteiger partial charge in [0.15, 0.2) is 0 Å². The summed E-state index contributed by atoms with van der Waals surface area (Å²) >= 11 is 0. The molecule has 0 rings (SSSR count). The number of ether oxygens (including phenoxy) is 2. The van der Waals surface area contributed by atoms with E-state index in [0.717, 1.165) is 6.54 Å². The number of hydrogen-bond donors (Lipinski definition) is 2. The van der Waals surface area contributed by atoms with Gasteiger partial charge in [-0.3, -0.25) is 4.79 Å². The van der Waals surface area contributed by atoms with E-state index in [-0.39, 0.29) is 11.3 Å². The van der Waals surface area contributed by atoms with Crippen LogP contribution >= 0.6 is 0 Å². The van der Waals surface area contributed by atoms with E-state index in [1.807, 2.05) is 13.8 Å². The molecule has 2 N–H and O–H groups in total. The van der Waals surface area contributed by atoms with Crippen molar-refractivity contribution in [3.8, 4) is 0 Å². The van der Waals surface area contributed by atoms with Crippen molar-refractivity contribution in [3.05, 3.63) is 0 Å². The van der Waals surface area contributed by atoms with Crippen LogP contribution in [0.3, 0.4) is 0 Å². The number of amides is 1. The van der Waals surface area contributed by atoms with Gasteiger partial charge in [0.1, 0.15) is 0 Å². The molecule has 0 bridgehead atoms. The Morgan fingerprint density at radius 1 is 0.952 bits per heavy atom. The Bertz CT molecular complexity index is 279. The van der Waals surface area contributed by atoms with Gasteiger partial charge in [-0.2, -0.15) is 0 Å². The average molecular weight is 302 g/mol. The zero-order chi connectivity index (χ0) is 16.3. The standard InChI is InChI=1S/C16H34N2O3/c1-13(2)16(5,6)15(19)18-8-10-21-12-11-20-9-7-17-14(3)4/h13-14,17H,7-12H2,1-6H3,(H,18,19). The molecule has 0 spiro atoms. The minimum absolute atomic E-state index is 0.0807. The summed E-state index contributed by atoms with van der Waals surface area (Å²) in [5.41, 5.74) is -0.341. The minimum atomic E-state index is -0.341. The van der Waals surface area contributed by atoms with Crippen LogP contribution in [0.25, 0.3) is 0 Å². The van der Waals surface area contributed by atoms with Crippen LogP contribution in [-0.2, 0) is 14.3 Å². The first-order chi connectivity index (χ1) is 9.78. The maximum absolute atomic E-state index is 12.0. The van der Waals surface area contributed by atoms with Crippen LogP contribution < -0.4 is 10.6 Å². The summed E-state index contributed by atoms with van der Waals surface area (Å²) in [7, 11) is 0. The van der Waals surface area contributed by atoms with Crippen LogP contribution in [0.15, 0.2) is 0 Å². The van der Waals surface area contributed by atoms with E-state index in [4.69, 9.17) is 9.47 Å². The molecule has 0 heterocycles. The summed E-state index contributed by atoms with van der Waals surface area (Å²) in [6.45, 7) is 16.0. The second-order valence-corrected chi connectivity index (χ2v) is 6.47. The molecule has 0 aliphatic rings. The fourth-order valence-electron chi connectivity index (χ4n) is 1.47. The zero-order valence-electron chi connectivity index (χ0n) is 14.6. The molecule has 0 aromatic rings. The summed E-state index contributed by atoms with van der Waals surface area (Å²) in [4.78, 5) is 12.0. The van der Waals surface area contributed by atoms with Crippen LogP contribution in [0.5, 0.6) is 0 Å². The molecule has 0 aliphatic carbocycles. The average Bonchev–Trinajstić information content (AvgIpc) is 2.39. The molecule has 0 radical (unpaired) electrons. The van der Waals surface area contributed by atoms with Crippen LogP contribution in [0.1, 0.15) is 41.5 Å². The van der Waals surface area contributed by atoms with Crippen LogP contribution in [-0.4, -0.2) is 51.5 Å². The van der Waals surface area contributed by atoms with Gasteiger partial charge in [0.05, 0.1) is 26.4 Å². The van der Waals surface area contributed by atoms with Crippen molar-refractivity contribution in [2.75, 3.05) is 39.5 Å². The number of hydrogen-bond acceptors (Lipinski definition) is 4. The first-order valence-electron chi connectivity index (χ1n) is 7.95. The van der Waals surface area contributed by atoms with Crippen molar-refractivity contribution >= 4 is 5.91 Å². The third kappa shape index (κ3) is 9.82. The minimum Gasteiger partial charge on any atom is -0.378 e. The van der Waals surface area contributed by atoms with E-state index in [9.17, 15) is 4.79 Å². The van der Waals surface area contributed by atoms with Crippen molar-refractivity contribution in [1.29, 1.82) is 0 Å². The van der Waals surface area contributed by atoms with E-state index in [1.165, 1.54) is 0 Å². The highest BCUT2D eigenvalue weighted by Gasteiger charge is 2.30. The lowest BCUT2D eigenvalue weighted by molar-refractivity contribution is -0.131. The molecule has 0 atom stereocenters. The van der Waals surface area contributed by atoms with Gasteiger partial charge in [0.2, 0.25) is 5.91 Å². The number of carbonyl (C=O) groups is 1. The molecule has 21 heavy (non-hydrogen) atoms. The van der Waals surface area contributed by atoms with Gasteiger partial charge in [0, 0.05) is 24.5 Å². The molecule has 0 aromatic carbocycles. The SMILES string of the molecule is CC(C)NCCOCCOCCNC(=O)C(C)(C)C(C)C. The maximum atomic E-state index is 12.0. The molecule has 0 unspecified atom stereocenters. The van der Waals surface area contributed by atoms with Crippen LogP contribution in [0.2, 0.25) is 0 Å². The lowest BCUT2D eigenvalue weighted by Gasteiger charge is -2.27. The first-order valence-corrected chi connectivity index (χ1v) is 7.95. The molecule has 0 saturated heterocycles. The van der Waals surface area contributed by atoms with Crippen LogP contribution in [0.4, 0.5) is 0 Å². The Kier molecular flexibility index (Phi) is 10.6. The lowest BCUT2D eigenvalue weighted by atomic mass is 9.80. The molecule has 0 saturated carbocycles. The van der Waals surface area contributed by atoms with Crippen LogP contribution in [0, 0.1) is 11.3 Å². The Morgan fingerprint density at radius 3 is 1.95 bits per heavy atom. The quantitative estimate of drug-likeness (QED) is 0.540. The van der Waals surface area contributed by atoms with Crippen molar-refractivity contribution in [3.63, 3.8) is 0 Å². The van der Waals surface area contributed by atoms with E-state index in [2.05, 4.69) is 38.3 Å². The molecule has 126 valence electrons. The predicted octanol–water partition coefficient (Wildman–Crippen LogP) is 1.82. The second kappa shape index (κ2) is 11.0. The molecule has 5 nitrogen and oxygen atoms in total. The van der Waals surface area contributed by atoms with Gasteiger partial charge < -0.3 is 20.1 Å². The number of nitrogens with one attached hydrogen (secondary N) is 2. The number of carbonyl (C=O) groups excluding carboxylic acids is 1. The highest BCUT2D eigenvalue weighted by Crippen LogP contribution is 2.25. The summed E-state index contributed by atoms with van der Waals surface area (Å²) in [5.74, 6) is 0.392. The summed E-state index contributed by atoms with van der Waals surface area (Å²) in [5, 5.41) is 6.19. The number of rotatable bonds is 12. The molecule has 0 fully saturated rings. The first kappa shape index (κ1) is 20.3. The summed E-state index contributed by atoms with van der Waals surface area (Å²) < 4.78 is 10.8. The molecule has 5 heteroatoms. The topological polar surface area (TPSA) is 59.6 Å². The highest BCUT2D eigenvalue weighted by atomic mass is 16.5. The van der Waals surface area contributed by atoms with Gasteiger partial charge in [0.25, 0.3) is 0 Å². The fourth-order valence-corrected chi connectivity index (χ4v) is 1.47. The second-order valence-electron chi connectivity index (χ2n) is 6.47. The zero-order valence-corrected chi connectivity index (χ0v) is 14.6. The lowest BCUT2D eigenvalue weighted by Crippen LogP contribution is -2.41. The smallest absolute Gasteiger partial charge is 0.225 e. The van der Waals surface area contributed by atoms with Gasteiger partial charge in [-0.1, -0.05) is 41.5 Å². The summed E-state index contributed by atoms with van der Waals surface area (Å²) in [6.07, 6.45) is 0. The van der Waals surface area contributed by atoms with Gasteiger partial charge in [-0.05, 0) is 5.92 Å². The molecular formula is C16H34N2O3. The van der Waals surface area contributed by atoms with Crippen molar-refractivity contribution < 1.29 is 14.3 Å². The van der Waals surface area contributed by atoms with E-state index in [1.54, 1.807) is 0 Å². The van der Waals surface area contributed by atoms with Gasteiger partial charge in [-0.15, -0.1) is 0 Å². The van der Waals surface area contributed by atoms with E-state index >= 15 is 0 Å². The molecule has 0 aliphatic heterocycles. The molecule has 1 amide bonds. The Balaban J connectivity index is 3.43. The van der Waals surface area contributed by atoms with E-state index < -0.39 is 0 Å². The monoisotopic (exact) mass is 302 g/mol. The van der Waals surface area contributed by atoms with Crippen molar-refractivity contribution in [1.82, 2.24) is 10.6 Å². The Hall–Kier alpha value is -0.650. The third-order valence-electron chi connectivity index (χ3n) is 3.73. The van der Waals surface area contributed by atoms with Gasteiger partial charge in [-0.25, -0.2) is 0 Å². The van der Waals surface area contributed by atoms with Gasteiger partial charge >= 0.3 is 0 Å². The Morgan fingerprint density at radius 2 is 1.48 bits per heavy atom. The fraction of sp³-hybridized carbons (Fsp3) is 0.938. The Labute approximate surface area is 130 Å². The normalized spacial score (nSPS) is 12.2. The van der Waals surface area contributed by atoms with Crippen molar-refractivity contribution in [2.24, 2.45) is 11.3 Å². The molecule has 0 aromatic heterocycles. The maximum Gasteiger partial charge on any atom is 0.225 e. The summed E-state index contributed by atoms with van der Waals surface area (Å²) in [6, 6.07) is 0.489. The van der Waals surface area contributed by atoms with Crippen molar-refractivity contribution in [2.45, 2.75) is 47.6 Å². The largest absolute Gasteiger partial charge is 0.378 e. The molecular weight excluding hydrogens is 268 g/mol. The third-order valence-corrected chi connectivity index (χ3v) is 3.73. The predicted molar refractivity (Wildman–Crippen MR) is 86.4 cm³/mol.